The van der Waals surface area contributed by atoms with Crippen LogP contribution in [-0.2, 0) is 6.54 Å². The van der Waals surface area contributed by atoms with Gasteiger partial charge >= 0.3 is 11.9 Å². The molecule has 0 radical (unpaired) electrons. The van der Waals surface area contributed by atoms with Crippen molar-refractivity contribution in [2.75, 3.05) is 0 Å². The van der Waals surface area contributed by atoms with Gasteiger partial charge < -0.3 is 10.2 Å². The second-order valence-electron chi connectivity index (χ2n) is 7.66. The van der Waals surface area contributed by atoms with Crippen molar-refractivity contribution in [2.24, 2.45) is 4.99 Å². The predicted molar refractivity (Wildman–Crippen MR) is 125 cm³/mol. The van der Waals surface area contributed by atoms with Gasteiger partial charge in [-0.2, -0.15) is 9.97 Å². The number of aromatic nitrogens is 2. The van der Waals surface area contributed by atoms with Crippen LogP contribution in [0.5, 0.6) is 5.75 Å². The lowest BCUT2D eigenvalue weighted by atomic mass is 9.94. The Hall–Kier alpha value is -4.14. The van der Waals surface area contributed by atoms with Crippen molar-refractivity contribution >= 4 is 34.9 Å². The molecule has 1 aliphatic rings. The number of halogens is 2. The second kappa shape index (κ2) is 8.66. The number of rotatable bonds is 4. The molecule has 0 unspecified atom stereocenters. The maximum Gasteiger partial charge on any atom is 0.335 e. The number of nitrogens with two attached hydrogens (primary N) is 1. The lowest BCUT2D eigenvalue weighted by molar-refractivity contribution is -0.487. The number of carbonyl (C=O) groups is 1. The van der Waals surface area contributed by atoms with E-state index in [-0.39, 0.29) is 29.1 Å². The molecule has 4 aromatic rings. The van der Waals surface area contributed by atoms with Gasteiger partial charge in [-0.3, -0.25) is 4.99 Å². The van der Waals surface area contributed by atoms with Crippen LogP contribution >= 0.6 is 11.6 Å². The maximum absolute atomic E-state index is 14.7. The van der Waals surface area contributed by atoms with Gasteiger partial charge in [0.05, 0.1) is 29.1 Å². The third-order valence-corrected chi connectivity index (χ3v) is 5.70. The molecule has 9 heteroatoms. The average Bonchev–Trinajstić information content (AvgIpc) is 2.96. The highest BCUT2D eigenvalue weighted by Gasteiger charge is 2.25. The number of aromatic hydroxyl groups is 1. The fourth-order valence-electron chi connectivity index (χ4n) is 3.84. The zero-order valence-electron chi connectivity index (χ0n) is 17.5. The van der Waals surface area contributed by atoms with Crippen molar-refractivity contribution in [3.63, 3.8) is 0 Å². The van der Waals surface area contributed by atoms with E-state index in [1.54, 1.807) is 41.8 Å². The van der Waals surface area contributed by atoms with Gasteiger partial charge in [-0.25, -0.2) is 14.5 Å². The monoisotopic (exact) mass is 475 g/mol. The molecule has 0 aliphatic carbocycles. The van der Waals surface area contributed by atoms with E-state index < -0.39 is 11.8 Å². The predicted octanol–water partition coefficient (Wildman–Crippen LogP) is 4.22. The summed E-state index contributed by atoms with van der Waals surface area (Å²) >= 11 is 6.27. The van der Waals surface area contributed by atoms with Crippen LogP contribution in [0.1, 0.15) is 27.0 Å². The standard InChI is InChI=1S/C25H16ClFN4O3/c26-15-6-9-17-18(10-15)23(21-19(27)2-1-3-20(21)32)28-11-14-12-29-25(31-22(14)17)30-16-7-4-13(5-8-16)24(33)34/h1-10,12,32H,11H2,(H,33,34)(H,29,30,31)/p+1. The Labute approximate surface area is 198 Å². The van der Waals surface area contributed by atoms with E-state index in [0.717, 1.165) is 11.3 Å². The summed E-state index contributed by atoms with van der Waals surface area (Å²) in [6.07, 6.45) is 1.66. The van der Waals surface area contributed by atoms with Gasteiger partial charge in [-0.1, -0.05) is 23.7 Å². The molecule has 168 valence electrons. The number of carboxylic acid groups (broad SMARTS) is 1. The minimum absolute atomic E-state index is 0.00270. The Morgan fingerprint density at radius 1 is 1.06 bits per heavy atom. The van der Waals surface area contributed by atoms with Gasteiger partial charge in [0.2, 0.25) is 0 Å². The van der Waals surface area contributed by atoms with E-state index >= 15 is 0 Å². The van der Waals surface area contributed by atoms with Crippen LogP contribution < -0.4 is 5.32 Å². The Morgan fingerprint density at radius 2 is 1.85 bits per heavy atom. The fourth-order valence-corrected chi connectivity index (χ4v) is 4.01. The largest absolute Gasteiger partial charge is 0.507 e. The molecule has 4 N–H and O–H groups in total. The number of fused-ring (bicyclic) bond motifs is 3. The molecule has 34 heavy (non-hydrogen) atoms. The van der Waals surface area contributed by atoms with Crippen LogP contribution in [-0.4, -0.2) is 31.9 Å². The lowest BCUT2D eigenvalue weighted by Gasteiger charge is -2.13. The zero-order chi connectivity index (χ0) is 23.8. The van der Waals surface area contributed by atoms with Crippen molar-refractivity contribution in [3.8, 4) is 17.0 Å². The molecular weight excluding hydrogens is 459 g/mol. The SMILES string of the molecule is O=C(O)c1ccc([NH2+]c2ncc3c(n2)-c2ccc(Cl)cc2C(c2c(O)cccc2F)=NC3)cc1. The third-order valence-electron chi connectivity index (χ3n) is 5.46. The Balaban J connectivity index is 1.59. The van der Waals surface area contributed by atoms with E-state index in [9.17, 15) is 14.3 Å². The van der Waals surface area contributed by atoms with Gasteiger partial charge in [-0.05, 0) is 36.4 Å². The summed E-state index contributed by atoms with van der Waals surface area (Å²) in [7, 11) is 0. The summed E-state index contributed by atoms with van der Waals surface area (Å²) in [5, 5.41) is 21.6. The Bertz CT molecular complexity index is 1450. The molecule has 0 saturated carbocycles. The van der Waals surface area contributed by atoms with Gasteiger partial charge in [0.15, 0.2) is 0 Å². The van der Waals surface area contributed by atoms with E-state index in [0.29, 0.717) is 27.8 Å². The first kappa shape index (κ1) is 21.7. The summed E-state index contributed by atoms with van der Waals surface area (Å²) < 4.78 is 14.7. The molecule has 0 amide bonds. The molecule has 1 aliphatic heterocycles. The van der Waals surface area contributed by atoms with E-state index in [1.807, 2.05) is 0 Å². The highest BCUT2D eigenvalue weighted by Crippen LogP contribution is 2.35. The molecule has 0 bridgehead atoms. The molecule has 2 heterocycles. The number of benzene rings is 3. The van der Waals surface area contributed by atoms with Gasteiger partial charge in [0.25, 0.3) is 0 Å². The number of phenolic OH excluding ortho intramolecular Hbond substituents is 1. The summed E-state index contributed by atoms with van der Waals surface area (Å²) in [4.78, 5) is 24.8. The normalized spacial score (nSPS) is 12.4. The fraction of sp³-hybridized carbons (Fsp3) is 0.0400. The molecule has 7 nitrogen and oxygen atoms in total. The second-order valence-corrected chi connectivity index (χ2v) is 8.10. The molecule has 1 aromatic heterocycles. The van der Waals surface area contributed by atoms with Crippen molar-refractivity contribution in [2.45, 2.75) is 6.54 Å². The number of hydrogen-bond acceptors (Lipinski definition) is 5. The summed E-state index contributed by atoms with van der Waals surface area (Å²) in [6, 6.07) is 15.6. The summed E-state index contributed by atoms with van der Waals surface area (Å²) in [5.74, 6) is -1.40. The van der Waals surface area contributed by atoms with Crippen LogP contribution in [0.25, 0.3) is 11.3 Å². The number of hydrogen-bond donors (Lipinski definition) is 3. The maximum atomic E-state index is 14.7. The average molecular weight is 476 g/mol. The number of nitrogens with zero attached hydrogens (tertiary/aromatic N) is 3. The van der Waals surface area contributed by atoms with E-state index in [2.05, 4.69) is 9.98 Å². The van der Waals surface area contributed by atoms with Crippen LogP contribution in [0, 0.1) is 5.82 Å². The minimum atomic E-state index is -1.00. The van der Waals surface area contributed by atoms with E-state index in [4.69, 9.17) is 21.7 Å². The van der Waals surface area contributed by atoms with E-state index in [1.165, 1.54) is 30.3 Å². The molecule has 0 fully saturated rings. The minimum Gasteiger partial charge on any atom is -0.507 e. The van der Waals surface area contributed by atoms with Crippen molar-refractivity contribution in [1.82, 2.24) is 9.97 Å². The number of aromatic carboxylic acids is 1. The van der Waals surface area contributed by atoms with Crippen molar-refractivity contribution in [1.29, 1.82) is 0 Å². The quantitative estimate of drug-likeness (QED) is 0.383. The first-order valence-electron chi connectivity index (χ1n) is 10.3. The Morgan fingerprint density at radius 3 is 2.59 bits per heavy atom. The van der Waals surface area contributed by atoms with Gasteiger partial charge in [0.1, 0.15) is 17.3 Å². The van der Waals surface area contributed by atoms with Crippen molar-refractivity contribution in [3.05, 3.63) is 100.0 Å². The third kappa shape index (κ3) is 4.00. The number of aliphatic imine (C=N–C) groups is 1. The van der Waals surface area contributed by atoms with Crippen LogP contribution in [0.4, 0.5) is 16.0 Å². The molecule has 0 spiro atoms. The summed E-state index contributed by atoms with van der Waals surface area (Å²) in [5.41, 5.74) is 3.77. The number of phenols is 1. The highest BCUT2D eigenvalue weighted by molar-refractivity contribution is 6.31. The van der Waals surface area contributed by atoms with Crippen molar-refractivity contribution < 1.29 is 24.7 Å². The first-order chi connectivity index (χ1) is 16.4. The smallest absolute Gasteiger partial charge is 0.335 e. The molecular formula is C25H17ClFN4O3+. The van der Waals surface area contributed by atoms with Crippen LogP contribution in [0.15, 0.2) is 71.9 Å². The van der Waals surface area contributed by atoms with Crippen LogP contribution in [0.3, 0.4) is 0 Å². The summed E-state index contributed by atoms with van der Waals surface area (Å²) in [6.45, 7) is 0.179. The molecule has 5 rings (SSSR count). The van der Waals surface area contributed by atoms with Crippen LogP contribution in [0.2, 0.25) is 5.02 Å². The topological polar surface area (TPSA) is 112 Å². The molecule has 3 aromatic carbocycles. The van der Waals surface area contributed by atoms with Gasteiger partial charge in [0, 0.05) is 40.0 Å². The zero-order valence-corrected chi connectivity index (χ0v) is 18.3. The Kier molecular flexibility index (Phi) is 5.53. The number of quaternary nitrogens is 1. The molecule has 0 saturated heterocycles. The number of carboxylic acids is 1. The lowest BCUT2D eigenvalue weighted by Crippen LogP contribution is -2.72. The van der Waals surface area contributed by atoms with Gasteiger partial charge in [-0.15, -0.1) is 0 Å². The first-order valence-corrected chi connectivity index (χ1v) is 10.6. The highest BCUT2D eigenvalue weighted by atomic mass is 35.5. The molecule has 0 atom stereocenters.